The zero-order valence-corrected chi connectivity index (χ0v) is 28.6. The summed E-state index contributed by atoms with van der Waals surface area (Å²) in [7, 11) is 0. The minimum Gasteiger partial charge on any atom is -0.493 e. The van der Waals surface area contributed by atoms with E-state index in [0.717, 1.165) is 72.1 Å². The molecule has 1 aliphatic carbocycles. The highest BCUT2D eigenvalue weighted by Crippen LogP contribution is 2.48. The summed E-state index contributed by atoms with van der Waals surface area (Å²) >= 11 is 2.41. The fraction of sp³-hybridized carbons (Fsp3) is 0.342. The van der Waals surface area contributed by atoms with Gasteiger partial charge in [-0.25, -0.2) is 4.39 Å². The number of halogens is 1. The quantitative estimate of drug-likeness (QED) is 0.0539. The van der Waals surface area contributed by atoms with Crippen LogP contribution in [0.4, 0.5) is 4.39 Å². The first-order valence-electron chi connectivity index (χ1n) is 15.8. The minimum absolute atomic E-state index is 0.0637. The van der Waals surface area contributed by atoms with E-state index in [1.165, 1.54) is 11.8 Å². The molecule has 0 N–H and O–H groups in total. The minimum atomic E-state index is -1.33. The van der Waals surface area contributed by atoms with Gasteiger partial charge in [-0.15, -0.1) is 0 Å². The number of rotatable bonds is 19. The van der Waals surface area contributed by atoms with Crippen molar-refractivity contribution >= 4 is 40.0 Å². The standard InChI is InChI=1S/C38H41FO6S2/c1-5-27-20-28(10-15-35(27)45-16-8-6-7-9-19-46-37(41)25(2)3)38(42)47-30-12-14-32-31-13-11-29(21-33(31)36(39)34(32)22-30)44-18-17-43-24-26(4)23-40/h10-15,20-23,36H,2,4-9,16-19,24H2,1,3H3. The number of benzene rings is 3. The monoisotopic (exact) mass is 676 g/mol. The molecule has 0 saturated heterocycles. The second-order valence-corrected chi connectivity index (χ2v) is 13.4. The lowest BCUT2D eigenvalue weighted by Crippen LogP contribution is -2.08. The number of carbonyl (C=O) groups is 3. The van der Waals surface area contributed by atoms with Crippen molar-refractivity contribution in [3.63, 3.8) is 0 Å². The Labute approximate surface area is 285 Å². The van der Waals surface area contributed by atoms with Crippen molar-refractivity contribution in [3.8, 4) is 22.6 Å². The number of thioether (sulfide) groups is 2. The van der Waals surface area contributed by atoms with Crippen LogP contribution in [0.1, 0.15) is 72.8 Å². The molecule has 0 amide bonds. The van der Waals surface area contributed by atoms with Crippen LogP contribution in [0.3, 0.4) is 0 Å². The van der Waals surface area contributed by atoms with Gasteiger partial charge in [-0.1, -0.05) is 56.8 Å². The molecule has 0 radical (unpaired) electrons. The van der Waals surface area contributed by atoms with E-state index in [1.807, 2.05) is 37.3 Å². The maximum absolute atomic E-state index is 15.7. The van der Waals surface area contributed by atoms with Crippen molar-refractivity contribution in [2.45, 2.75) is 57.0 Å². The van der Waals surface area contributed by atoms with Crippen LogP contribution in [0.15, 0.2) is 83.8 Å². The molecule has 0 heterocycles. The number of carbonyl (C=O) groups excluding carboxylic acids is 3. The Morgan fingerprint density at radius 1 is 0.894 bits per heavy atom. The summed E-state index contributed by atoms with van der Waals surface area (Å²) in [5, 5.41) is -0.0523. The van der Waals surface area contributed by atoms with Gasteiger partial charge in [-0.05, 0) is 108 Å². The van der Waals surface area contributed by atoms with Gasteiger partial charge in [0.05, 0.1) is 19.8 Å². The Morgan fingerprint density at radius 3 is 2.38 bits per heavy atom. The van der Waals surface area contributed by atoms with E-state index in [9.17, 15) is 14.4 Å². The first kappa shape index (κ1) is 36.2. The first-order valence-corrected chi connectivity index (χ1v) is 17.6. The van der Waals surface area contributed by atoms with Crippen LogP contribution in [0.25, 0.3) is 11.1 Å². The first-order chi connectivity index (χ1) is 22.7. The van der Waals surface area contributed by atoms with Crippen molar-refractivity contribution in [1.82, 2.24) is 0 Å². The molecule has 9 heteroatoms. The molecule has 3 aromatic carbocycles. The van der Waals surface area contributed by atoms with E-state index in [-0.39, 0.29) is 30.1 Å². The Morgan fingerprint density at radius 2 is 1.64 bits per heavy atom. The average Bonchev–Trinajstić information content (AvgIpc) is 3.35. The summed E-state index contributed by atoms with van der Waals surface area (Å²) in [5.74, 6) is 2.13. The molecule has 0 bridgehead atoms. The zero-order valence-electron chi connectivity index (χ0n) is 27.0. The number of hydrogen-bond donors (Lipinski definition) is 0. The molecule has 0 aromatic heterocycles. The van der Waals surface area contributed by atoms with Crippen molar-refractivity contribution in [2.24, 2.45) is 0 Å². The lowest BCUT2D eigenvalue weighted by atomic mass is 10.1. The van der Waals surface area contributed by atoms with Gasteiger partial charge >= 0.3 is 0 Å². The molecule has 1 unspecified atom stereocenters. The number of alkyl halides is 1. The molecule has 0 spiro atoms. The molecule has 0 aliphatic heterocycles. The second kappa shape index (κ2) is 18.0. The van der Waals surface area contributed by atoms with Gasteiger partial charge in [0.25, 0.3) is 0 Å². The molecule has 47 heavy (non-hydrogen) atoms. The van der Waals surface area contributed by atoms with Crippen LogP contribution >= 0.6 is 23.5 Å². The van der Waals surface area contributed by atoms with Gasteiger partial charge in [0.15, 0.2) is 6.17 Å². The van der Waals surface area contributed by atoms with Crippen molar-refractivity contribution in [1.29, 1.82) is 0 Å². The van der Waals surface area contributed by atoms with Crippen LogP contribution < -0.4 is 9.47 Å². The Balaban J connectivity index is 1.27. The van der Waals surface area contributed by atoms with Gasteiger partial charge in [-0.2, -0.15) is 0 Å². The maximum Gasteiger partial charge on any atom is 0.224 e. The van der Waals surface area contributed by atoms with Gasteiger partial charge in [-0.3, -0.25) is 14.4 Å². The van der Waals surface area contributed by atoms with Gasteiger partial charge in [0, 0.05) is 27.3 Å². The third-order valence-corrected chi connectivity index (χ3v) is 9.61. The van der Waals surface area contributed by atoms with Crippen molar-refractivity contribution in [2.75, 3.05) is 32.2 Å². The summed E-state index contributed by atoms with van der Waals surface area (Å²) in [5.41, 5.74) is 5.15. The molecule has 248 valence electrons. The van der Waals surface area contributed by atoms with Crippen LogP contribution in [-0.2, 0) is 20.7 Å². The molecule has 3 aromatic rings. The summed E-state index contributed by atoms with van der Waals surface area (Å²) < 4.78 is 32.8. The number of aldehydes is 1. The molecule has 0 fully saturated rings. The fourth-order valence-corrected chi connectivity index (χ4v) is 6.65. The smallest absolute Gasteiger partial charge is 0.224 e. The van der Waals surface area contributed by atoms with Crippen molar-refractivity contribution < 1.29 is 33.0 Å². The van der Waals surface area contributed by atoms with Gasteiger partial charge < -0.3 is 14.2 Å². The third-order valence-electron chi connectivity index (χ3n) is 7.60. The predicted octanol–water partition coefficient (Wildman–Crippen LogP) is 9.15. The molecular weight excluding hydrogens is 636 g/mol. The van der Waals surface area contributed by atoms with Gasteiger partial charge in [0.2, 0.25) is 10.2 Å². The van der Waals surface area contributed by atoms with Crippen LogP contribution in [0.2, 0.25) is 0 Å². The Kier molecular flexibility index (Phi) is 13.9. The summed E-state index contributed by atoms with van der Waals surface area (Å²) in [4.78, 5) is 36.1. The van der Waals surface area contributed by atoms with E-state index in [0.29, 0.717) is 51.4 Å². The molecule has 1 aliphatic rings. The highest BCUT2D eigenvalue weighted by molar-refractivity contribution is 8.14. The fourth-order valence-electron chi connectivity index (χ4n) is 5.09. The molecule has 1 atom stereocenters. The normalized spacial score (nSPS) is 13.0. The zero-order chi connectivity index (χ0) is 33.8. The second-order valence-electron chi connectivity index (χ2n) is 11.3. The van der Waals surface area contributed by atoms with E-state index in [2.05, 4.69) is 13.2 Å². The van der Waals surface area contributed by atoms with Crippen LogP contribution in [0, 0.1) is 0 Å². The van der Waals surface area contributed by atoms with E-state index >= 15 is 4.39 Å². The number of hydrogen-bond acceptors (Lipinski definition) is 8. The lowest BCUT2D eigenvalue weighted by molar-refractivity contribution is -0.108. The van der Waals surface area contributed by atoms with Crippen molar-refractivity contribution in [3.05, 3.63) is 101 Å². The van der Waals surface area contributed by atoms with Crippen LogP contribution in [0.5, 0.6) is 11.5 Å². The van der Waals surface area contributed by atoms with Gasteiger partial charge in [0.1, 0.15) is 24.4 Å². The molecule has 6 nitrogen and oxygen atoms in total. The Hall–Kier alpha value is -3.66. The lowest BCUT2D eigenvalue weighted by Gasteiger charge is -2.12. The number of ether oxygens (including phenoxy) is 3. The third kappa shape index (κ3) is 10.2. The molecule has 0 saturated carbocycles. The SMILES string of the molecule is C=C(C=O)COCCOc1ccc2c(c1)C(F)c1cc(SC(=O)c3ccc(OCCCCCCSC(=O)C(=C)C)c(CC)c3)ccc1-2. The van der Waals surface area contributed by atoms with E-state index < -0.39 is 6.17 Å². The summed E-state index contributed by atoms with van der Waals surface area (Å²) in [6.07, 6.45) is 4.01. The predicted molar refractivity (Wildman–Crippen MR) is 189 cm³/mol. The largest absolute Gasteiger partial charge is 0.493 e. The highest BCUT2D eigenvalue weighted by Gasteiger charge is 2.29. The number of fused-ring (bicyclic) bond motifs is 3. The topological polar surface area (TPSA) is 78.9 Å². The summed E-state index contributed by atoms with van der Waals surface area (Å²) in [6, 6.07) is 16.3. The Bertz CT molecular complexity index is 1620. The molecule has 4 rings (SSSR count). The average molecular weight is 677 g/mol. The maximum atomic E-state index is 15.7. The van der Waals surface area contributed by atoms with E-state index in [4.69, 9.17) is 14.2 Å². The van der Waals surface area contributed by atoms with Crippen LogP contribution in [-0.4, -0.2) is 48.7 Å². The summed E-state index contributed by atoms with van der Waals surface area (Å²) in [6.45, 7) is 12.3. The molecular formula is C38H41FO6S2. The highest BCUT2D eigenvalue weighted by atomic mass is 32.2. The number of aryl methyl sites for hydroxylation is 1. The van der Waals surface area contributed by atoms with E-state index in [1.54, 1.807) is 31.2 Å². The number of unbranched alkanes of at least 4 members (excludes halogenated alkanes) is 3.